The molecule has 1 rings (SSSR count). The molecule has 1 atom stereocenters. The molecule has 1 aliphatic rings. The molecular formula is C10H17IN2S. The molecule has 1 unspecified atom stereocenters. The minimum absolute atomic E-state index is 0.677. The highest BCUT2D eigenvalue weighted by atomic mass is 127. The van der Waals surface area contributed by atoms with Gasteiger partial charge in [-0.2, -0.15) is 5.10 Å². The number of rotatable bonds is 4. The van der Waals surface area contributed by atoms with Crippen molar-refractivity contribution in [3.8, 4) is 0 Å². The summed E-state index contributed by atoms with van der Waals surface area (Å²) < 4.78 is 0. The molecule has 80 valence electrons. The van der Waals surface area contributed by atoms with E-state index in [9.17, 15) is 0 Å². The van der Waals surface area contributed by atoms with Gasteiger partial charge in [0.25, 0.3) is 0 Å². The molecule has 0 bridgehead atoms. The van der Waals surface area contributed by atoms with Gasteiger partial charge in [0.2, 0.25) is 0 Å². The highest BCUT2D eigenvalue weighted by molar-refractivity contribution is 14.2. The van der Waals surface area contributed by atoms with Crippen LogP contribution in [0, 0.1) is 5.92 Å². The first-order valence-corrected chi connectivity index (χ1v) is 8.44. The van der Waals surface area contributed by atoms with Gasteiger partial charge in [0.1, 0.15) is 0 Å². The lowest BCUT2D eigenvalue weighted by Gasteiger charge is -2.22. The molecule has 2 nitrogen and oxygen atoms in total. The van der Waals surface area contributed by atoms with Gasteiger partial charge in [-0.05, 0) is 32.6 Å². The van der Waals surface area contributed by atoms with E-state index in [0.717, 1.165) is 6.42 Å². The Bertz CT molecular complexity index is 216. The Kier molecular flexibility index (Phi) is 6.68. The normalized spacial score (nSPS) is 25.9. The van der Waals surface area contributed by atoms with Crippen molar-refractivity contribution in [2.45, 2.75) is 39.0 Å². The number of allylic oxidation sites excluding steroid dienone is 2. The number of halogens is 1. The third-order valence-corrected chi connectivity index (χ3v) is 3.34. The Morgan fingerprint density at radius 3 is 3.21 bits per heavy atom. The van der Waals surface area contributed by atoms with Gasteiger partial charge in [0.05, 0.1) is 0 Å². The minimum atomic E-state index is 0.677. The number of hydrogen-bond donors (Lipinski definition) is 1. The second kappa shape index (κ2) is 7.56. The maximum absolute atomic E-state index is 4.42. The first kappa shape index (κ1) is 12.4. The van der Waals surface area contributed by atoms with Gasteiger partial charge in [-0.3, -0.25) is 0 Å². The van der Waals surface area contributed by atoms with E-state index < -0.39 is 0 Å². The van der Waals surface area contributed by atoms with E-state index in [1.54, 1.807) is 0 Å². The molecule has 0 aromatic rings. The van der Waals surface area contributed by atoms with Crippen LogP contribution in [0.2, 0.25) is 0 Å². The van der Waals surface area contributed by atoms with Crippen molar-refractivity contribution in [1.29, 1.82) is 0 Å². The lowest BCUT2D eigenvalue weighted by atomic mass is 9.85. The van der Waals surface area contributed by atoms with Crippen molar-refractivity contribution in [2.75, 3.05) is 0 Å². The van der Waals surface area contributed by atoms with Gasteiger partial charge in [-0.15, -0.1) is 0 Å². The highest BCUT2D eigenvalue weighted by Gasteiger charge is 2.19. The van der Waals surface area contributed by atoms with Crippen LogP contribution in [0.1, 0.15) is 39.0 Å². The third kappa shape index (κ3) is 4.21. The van der Waals surface area contributed by atoms with Gasteiger partial charge < -0.3 is 0 Å². The Morgan fingerprint density at radius 1 is 1.64 bits per heavy atom. The van der Waals surface area contributed by atoms with Crippen LogP contribution < -0.4 is 4.83 Å². The van der Waals surface area contributed by atoms with Crippen LogP contribution in [0.15, 0.2) is 17.3 Å². The Balaban J connectivity index is 2.49. The van der Waals surface area contributed by atoms with Crippen LogP contribution in [0.25, 0.3) is 0 Å². The van der Waals surface area contributed by atoms with Gasteiger partial charge in [0.15, 0.2) is 0 Å². The zero-order valence-corrected chi connectivity index (χ0v) is 11.5. The Morgan fingerprint density at radius 2 is 2.50 bits per heavy atom. The number of nitrogens with zero attached hydrogens (tertiary/aromatic N) is 1. The van der Waals surface area contributed by atoms with E-state index in [0.29, 0.717) is 5.92 Å². The Hall–Kier alpha value is 0.290. The maximum atomic E-state index is 4.42. The first-order valence-electron chi connectivity index (χ1n) is 5.08. The fraction of sp³-hybridized carbons (Fsp3) is 0.700. The van der Waals surface area contributed by atoms with Crippen LogP contribution in [0.5, 0.6) is 0 Å². The Labute approximate surface area is 103 Å². The van der Waals surface area contributed by atoms with Crippen molar-refractivity contribution in [3.05, 3.63) is 12.2 Å². The van der Waals surface area contributed by atoms with Gasteiger partial charge in [0, 0.05) is 42.0 Å². The van der Waals surface area contributed by atoms with E-state index in [-0.39, 0.29) is 0 Å². The topological polar surface area (TPSA) is 24.4 Å². The molecule has 0 saturated heterocycles. The first-order chi connectivity index (χ1) is 6.88. The van der Waals surface area contributed by atoms with Crippen LogP contribution in [-0.4, -0.2) is 5.71 Å². The van der Waals surface area contributed by atoms with E-state index in [1.807, 2.05) is 0 Å². The summed E-state index contributed by atoms with van der Waals surface area (Å²) in [5, 5.41) is 4.42. The largest absolute Gasteiger partial charge is 0.242 e. The van der Waals surface area contributed by atoms with Crippen LogP contribution in [0.4, 0.5) is 0 Å². The summed E-state index contributed by atoms with van der Waals surface area (Å²) in [5.41, 5.74) is 1.36. The van der Waals surface area contributed by atoms with E-state index in [1.165, 1.54) is 40.5 Å². The summed E-state index contributed by atoms with van der Waals surface area (Å²) in [5.74, 6) is 0.677. The second-order valence-electron chi connectivity index (χ2n) is 3.52. The predicted molar refractivity (Wildman–Crippen MR) is 73.6 cm³/mol. The molecule has 0 amide bonds. The van der Waals surface area contributed by atoms with E-state index >= 15 is 0 Å². The molecule has 0 aromatic heterocycles. The molecular weight excluding hydrogens is 307 g/mol. The lowest BCUT2D eigenvalue weighted by Crippen LogP contribution is -2.20. The SMILES string of the molecule is C/C=C/CC1CCCC/C1=N\NSI. The molecule has 0 heterocycles. The fourth-order valence-corrected chi connectivity index (χ4v) is 2.29. The molecule has 1 fully saturated rings. The molecule has 1 aliphatic carbocycles. The summed E-state index contributed by atoms with van der Waals surface area (Å²) in [4.78, 5) is 2.99. The average Bonchev–Trinajstić information content (AvgIpc) is 2.24. The monoisotopic (exact) mass is 324 g/mol. The van der Waals surface area contributed by atoms with Crippen molar-refractivity contribution in [2.24, 2.45) is 11.0 Å². The summed E-state index contributed by atoms with van der Waals surface area (Å²) in [6.45, 7) is 2.08. The maximum Gasteiger partial charge on any atom is 0.0422 e. The zero-order chi connectivity index (χ0) is 10.2. The quantitative estimate of drug-likeness (QED) is 0.365. The molecule has 14 heavy (non-hydrogen) atoms. The summed E-state index contributed by atoms with van der Waals surface area (Å²) in [6.07, 6.45) is 10.7. The molecule has 1 N–H and O–H groups in total. The van der Waals surface area contributed by atoms with Crippen molar-refractivity contribution in [1.82, 2.24) is 4.83 Å². The molecule has 0 aromatic carbocycles. The van der Waals surface area contributed by atoms with E-state index in [4.69, 9.17) is 0 Å². The fourth-order valence-electron chi connectivity index (χ4n) is 1.84. The molecule has 4 heteroatoms. The minimum Gasteiger partial charge on any atom is -0.242 e. The second-order valence-corrected chi connectivity index (χ2v) is 5.18. The van der Waals surface area contributed by atoms with Crippen LogP contribution in [-0.2, 0) is 0 Å². The van der Waals surface area contributed by atoms with E-state index in [2.05, 4.69) is 50.2 Å². The smallest absolute Gasteiger partial charge is 0.0422 e. The summed E-state index contributed by atoms with van der Waals surface area (Å²) in [6, 6.07) is 0. The van der Waals surface area contributed by atoms with Gasteiger partial charge in [-0.1, -0.05) is 18.6 Å². The molecule has 0 aliphatic heterocycles. The number of nitrogens with one attached hydrogen (secondary N) is 1. The van der Waals surface area contributed by atoms with Crippen LogP contribution >= 0.6 is 30.3 Å². The average molecular weight is 324 g/mol. The van der Waals surface area contributed by atoms with Gasteiger partial charge >= 0.3 is 0 Å². The van der Waals surface area contributed by atoms with Crippen molar-refractivity contribution >= 4 is 36.0 Å². The number of hydrogen-bond acceptors (Lipinski definition) is 3. The third-order valence-electron chi connectivity index (χ3n) is 2.59. The molecule has 1 saturated carbocycles. The summed E-state index contributed by atoms with van der Waals surface area (Å²) in [7, 11) is 1.54. The predicted octanol–water partition coefficient (Wildman–Crippen LogP) is 4.09. The zero-order valence-electron chi connectivity index (χ0n) is 8.50. The van der Waals surface area contributed by atoms with Crippen LogP contribution in [0.3, 0.4) is 0 Å². The number of hydrazone groups is 1. The van der Waals surface area contributed by atoms with Crippen molar-refractivity contribution < 1.29 is 0 Å². The lowest BCUT2D eigenvalue weighted by molar-refractivity contribution is 0.528. The molecule has 0 radical (unpaired) electrons. The summed E-state index contributed by atoms with van der Waals surface area (Å²) >= 11 is 2.20. The van der Waals surface area contributed by atoms with Crippen molar-refractivity contribution in [3.63, 3.8) is 0 Å². The van der Waals surface area contributed by atoms with Gasteiger partial charge in [-0.25, -0.2) is 4.83 Å². The standard InChI is InChI=1S/C10H17IN2S/c1-2-3-6-9-7-4-5-8-10(9)12-13-14-11/h2-3,9,13H,4-8H2,1H3/b3-2+,12-10+. The highest BCUT2D eigenvalue weighted by Crippen LogP contribution is 2.25. The molecule has 0 spiro atoms.